The van der Waals surface area contributed by atoms with Crippen molar-refractivity contribution in [3.63, 3.8) is 0 Å². The lowest BCUT2D eigenvalue weighted by atomic mass is 9.97. The van der Waals surface area contributed by atoms with Crippen LogP contribution in [0.1, 0.15) is 28.6 Å². The fourth-order valence-electron chi connectivity index (χ4n) is 3.95. The van der Waals surface area contributed by atoms with Gasteiger partial charge in [0.1, 0.15) is 23.3 Å². The summed E-state index contributed by atoms with van der Waals surface area (Å²) in [4.78, 5) is 31.6. The van der Waals surface area contributed by atoms with Crippen molar-refractivity contribution in [3.05, 3.63) is 89.1 Å². The van der Waals surface area contributed by atoms with Crippen molar-refractivity contribution in [2.75, 3.05) is 6.61 Å². The van der Waals surface area contributed by atoms with Crippen LogP contribution in [0.5, 0.6) is 5.75 Å². The van der Waals surface area contributed by atoms with Gasteiger partial charge in [-0.2, -0.15) is 0 Å². The van der Waals surface area contributed by atoms with E-state index in [1.54, 1.807) is 54.7 Å². The number of furan rings is 1. The Hall–Kier alpha value is -3.87. The van der Waals surface area contributed by atoms with E-state index in [1.807, 2.05) is 0 Å². The van der Waals surface area contributed by atoms with E-state index in [2.05, 4.69) is 4.98 Å². The number of Topliss-reactive ketones (excluding diaryl/α,β-unsaturated/α-hetero) is 1. The van der Waals surface area contributed by atoms with Crippen LogP contribution in [-0.4, -0.2) is 33.3 Å². The quantitative estimate of drug-likeness (QED) is 0.409. The normalized spacial score (nSPS) is 19.7. The van der Waals surface area contributed by atoms with Gasteiger partial charge in [-0.3, -0.25) is 14.6 Å². The number of aliphatic hydroxyl groups excluding tert-OH is 1. The second-order valence-corrected chi connectivity index (χ2v) is 7.18. The fraction of sp³-hybridized carbons (Fsp3) is 0.174. The van der Waals surface area contributed by atoms with Gasteiger partial charge in [-0.05, 0) is 48.0 Å². The van der Waals surface area contributed by atoms with Gasteiger partial charge >= 0.3 is 0 Å². The second kappa shape index (κ2) is 7.18. The zero-order valence-corrected chi connectivity index (χ0v) is 15.9. The van der Waals surface area contributed by atoms with Crippen molar-refractivity contribution in [2.45, 2.75) is 19.0 Å². The third kappa shape index (κ3) is 2.95. The minimum atomic E-state index is -0.819. The number of hydrogen-bond donors (Lipinski definition) is 1. The summed E-state index contributed by atoms with van der Waals surface area (Å²) in [6, 6.07) is 13.2. The summed E-state index contributed by atoms with van der Waals surface area (Å²) in [5.41, 5.74) is 1.94. The Bertz CT molecular complexity index is 1150. The van der Waals surface area contributed by atoms with Gasteiger partial charge in [-0.1, -0.05) is 6.07 Å². The molecular formula is C23H18N2O5. The molecule has 1 aromatic carbocycles. The molecule has 2 aliphatic rings. The van der Waals surface area contributed by atoms with Crippen LogP contribution in [0.2, 0.25) is 0 Å². The van der Waals surface area contributed by atoms with E-state index in [1.165, 1.54) is 11.2 Å². The van der Waals surface area contributed by atoms with E-state index in [4.69, 9.17) is 9.15 Å². The number of pyridine rings is 1. The molecule has 0 aliphatic carbocycles. The van der Waals surface area contributed by atoms with Crippen LogP contribution >= 0.6 is 0 Å². The summed E-state index contributed by atoms with van der Waals surface area (Å²) in [6.45, 7) is 0.675. The Balaban J connectivity index is 1.64. The average Bonchev–Trinajstić information content (AvgIpc) is 3.50. The number of carbonyl (C=O) groups excluding carboxylic acids is 2. The van der Waals surface area contributed by atoms with Crippen LogP contribution in [0.4, 0.5) is 0 Å². The fourth-order valence-corrected chi connectivity index (χ4v) is 3.95. The molecule has 2 aromatic heterocycles. The SMILES string of the molecule is O=C1C(=O)N(Cc2ccco2)C(c2ccccn2)/C1=C(/O)c1ccc2c(c1)CCO2. The highest BCUT2D eigenvalue weighted by Gasteiger charge is 2.47. The first-order chi connectivity index (χ1) is 14.6. The van der Waals surface area contributed by atoms with Crippen molar-refractivity contribution in [3.8, 4) is 5.75 Å². The Morgan fingerprint density at radius 1 is 1.17 bits per heavy atom. The third-order valence-electron chi connectivity index (χ3n) is 5.38. The van der Waals surface area contributed by atoms with E-state index in [0.29, 0.717) is 23.6 Å². The molecule has 1 amide bonds. The van der Waals surface area contributed by atoms with Crippen molar-refractivity contribution < 1.29 is 23.8 Å². The van der Waals surface area contributed by atoms with E-state index in [9.17, 15) is 14.7 Å². The van der Waals surface area contributed by atoms with Gasteiger partial charge in [0, 0.05) is 18.2 Å². The molecule has 30 heavy (non-hydrogen) atoms. The van der Waals surface area contributed by atoms with Crippen LogP contribution in [0.25, 0.3) is 5.76 Å². The zero-order valence-electron chi connectivity index (χ0n) is 15.9. The van der Waals surface area contributed by atoms with Crippen molar-refractivity contribution in [1.82, 2.24) is 9.88 Å². The average molecular weight is 402 g/mol. The molecule has 0 bridgehead atoms. The predicted octanol–water partition coefficient (Wildman–Crippen LogP) is 3.23. The van der Waals surface area contributed by atoms with Crippen molar-refractivity contribution >= 4 is 17.4 Å². The number of likely N-dealkylation sites (tertiary alicyclic amines) is 1. The summed E-state index contributed by atoms with van der Waals surface area (Å²) in [7, 11) is 0. The summed E-state index contributed by atoms with van der Waals surface area (Å²) in [6.07, 6.45) is 3.83. The molecule has 1 unspecified atom stereocenters. The van der Waals surface area contributed by atoms with Crippen LogP contribution in [0, 0.1) is 0 Å². The van der Waals surface area contributed by atoms with Crippen molar-refractivity contribution in [1.29, 1.82) is 0 Å². The molecule has 2 aliphatic heterocycles. The molecule has 0 radical (unpaired) electrons. The van der Waals surface area contributed by atoms with Crippen molar-refractivity contribution in [2.24, 2.45) is 0 Å². The van der Waals surface area contributed by atoms with Crippen LogP contribution in [-0.2, 0) is 22.6 Å². The number of hydrogen-bond acceptors (Lipinski definition) is 6. The van der Waals surface area contributed by atoms with Crippen LogP contribution in [0.3, 0.4) is 0 Å². The smallest absolute Gasteiger partial charge is 0.296 e. The lowest BCUT2D eigenvalue weighted by molar-refractivity contribution is -0.140. The summed E-state index contributed by atoms with van der Waals surface area (Å²) < 4.78 is 10.9. The second-order valence-electron chi connectivity index (χ2n) is 7.18. The molecule has 0 spiro atoms. The maximum atomic E-state index is 13.0. The van der Waals surface area contributed by atoms with Gasteiger partial charge in [-0.25, -0.2) is 0 Å². The maximum absolute atomic E-state index is 13.0. The first-order valence-electron chi connectivity index (χ1n) is 9.61. The summed E-state index contributed by atoms with van der Waals surface area (Å²) in [5.74, 6) is -0.362. The maximum Gasteiger partial charge on any atom is 0.296 e. The van der Waals surface area contributed by atoms with E-state index < -0.39 is 17.7 Å². The highest BCUT2D eigenvalue weighted by molar-refractivity contribution is 6.46. The molecule has 7 nitrogen and oxygen atoms in total. The van der Waals surface area contributed by atoms with E-state index in [0.717, 1.165) is 17.7 Å². The predicted molar refractivity (Wildman–Crippen MR) is 106 cm³/mol. The lowest BCUT2D eigenvalue weighted by Gasteiger charge is -2.23. The number of ketones is 1. The van der Waals surface area contributed by atoms with Gasteiger partial charge in [-0.15, -0.1) is 0 Å². The largest absolute Gasteiger partial charge is 0.507 e. The molecule has 3 aromatic rings. The number of aliphatic hydroxyl groups is 1. The van der Waals surface area contributed by atoms with E-state index in [-0.39, 0.29) is 17.9 Å². The first kappa shape index (κ1) is 18.2. The molecule has 0 saturated carbocycles. The molecule has 1 saturated heterocycles. The highest BCUT2D eigenvalue weighted by atomic mass is 16.5. The molecular weight excluding hydrogens is 384 g/mol. The van der Waals surface area contributed by atoms with E-state index >= 15 is 0 Å². The number of amides is 1. The summed E-state index contributed by atoms with van der Waals surface area (Å²) >= 11 is 0. The molecule has 4 heterocycles. The monoisotopic (exact) mass is 402 g/mol. The molecule has 1 fully saturated rings. The van der Waals surface area contributed by atoms with Gasteiger partial charge in [0.2, 0.25) is 0 Å². The summed E-state index contributed by atoms with van der Waals surface area (Å²) in [5, 5.41) is 11.1. The Morgan fingerprint density at radius 2 is 2.07 bits per heavy atom. The standard InChI is InChI=1S/C23H18N2O5/c26-21(15-6-7-18-14(12-15)8-11-30-18)19-20(17-5-1-2-9-24-17)25(23(28)22(19)27)13-16-4-3-10-29-16/h1-7,9-10,12,20,26H,8,11,13H2/b21-19-. The molecule has 5 rings (SSSR count). The Labute approximate surface area is 172 Å². The van der Waals surface area contributed by atoms with Crippen LogP contribution in [0.15, 0.2) is 71.0 Å². The molecule has 1 atom stereocenters. The number of benzene rings is 1. The molecule has 150 valence electrons. The van der Waals surface area contributed by atoms with Gasteiger partial charge in [0.15, 0.2) is 0 Å². The number of fused-ring (bicyclic) bond motifs is 1. The van der Waals surface area contributed by atoms with Gasteiger partial charge in [0.05, 0.1) is 30.7 Å². The number of carbonyl (C=O) groups is 2. The molecule has 7 heteroatoms. The molecule has 1 N–H and O–H groups in total. The topological polar surface area (TPSA) is 92.9 Å². The first-order valence-corrected chi connectivity index (χ1v) is 9.61. The number of nitrogens with zero attached hydrogens (tertiary/aromatic N) is 2. The van der Waals surface area contributed by atoms with Crippen LogP contribution < -0.4 is 4.74 Å². The van der Waals surface area contributed by atoms with Gasteiger partial charge in [0.25, 0.3) is 11.7 Å². The minimum Gasteiger partial charge on any atom is -0.507 e. The minimum absolute atomic E-state index is 0.0177. The zero-order chi connectivity index (χ0) is 20.7. The third-order valence-corrected chi connectivity index (χ3v) is 5.38. The van der Waals surface area contributed by atoms with Gasteiger partial charge < -0.3 is 19.2 Å². The number of rotatable bonds is 4. The Kier molecular flexibility index (Phi) is 4.35. The lowest BCUT2D eigenvalue weighted by Crippen LogP contribution is -2.29. The Morgan fingerprint density at radius 3 is 2.83 bits per heavy atom. The number of ether oxygens (including phenoxy) is 1. The highest BCUT2D eigenvalue weighted by Crippen LogP contribution is 2.40. The number of aromatic nitrogens is 1.